The van der Waals surface area contributed by atoms with Crippen LogP contribution in [0.2, 0.25) is 0 Å². The lowest BCUT2D eigenvalue weighted by molar-refractivity contribution is -0.143. The number of ether oxygens (including phenoxy) is 1. The number of aryl methyl sites for hydroxylation is 1. The minimum Gasteiger partial charge on any atom is -0.480 e. The fourth-order valence-electron chi connectivity index (χ4n) is 2.05. The van der Waals surface area contributed by atoms with Crippen LogP contribution < -0.4 is 5.73 Å². The number of carboxylic acid groups (broad SMARTS) is 1. The second-order valence-electron chi connectivity index (χ2n) is 5.12. The zero-order valence-electron chi connectivity index (χ0n) is 12.2. The van der Waals surface area contributed by atoms with E-state index in [1.165, 1.54) is 5.56 Å². The van der Waals surface area contributed by atoms with E-state index in [4.69, 9.17) is 15.6 Å². The number of nitrogens with two attached hydrogens (primary N) is 1. The Balaban J connectivity index is 2.07. The lowest BCUT2D eigenvalue weighted by Crippen LogP contribution is -2.47. The van der Waals surface area contributed by atoms with Crippen molar-refractivity contribution in [2.24, 2.45) is 5.73 Å². The molecule has 0 aromatic heterocycles. The maximum absolute atomic E-state index is 11.0. The SMILES string of the molecule is CCC(N)(CCCOCCCc1ccccc1)C(=O)O. The van der Waals surface area contributed by atoms with Gasteiger partial charge in [-0.3, -0.25) is 4.79 Å². The van der Waals surface area contributed by atoms with Crippen molar-refractivity contribution >= 4 is 5.97 Å². The van der Waals surface area contributed by atoms with Gasteiger partial charge in [0.1, 0.15) is 5.54 Å². The number of carbonyl (C=O) groups is 1. The molecule has 1 atom stereocenters. The number of hydrogen-bond donors (Lipinski definition) is 2. The lowest BCUT2D eigenvalue weighted by atomic mass is 9.92. The summed E-state index contributed by atoms with van der Waals surface area (Å²) in [4.78, 5) is 11.0. The maximum Gasteiger partial charge on any atom is 0.323 e. The molecule has 4 nitrogen and oxygen atoms in total. The predicted molar refractivity (Wildman–Crippen MR) is 79.7 cm³/mol. The first-order chi connectivity index (χ1) is 9.58. The van der Waals surface area contributed by atoms with Crippen LogP contribution in [0.15, 0.2) is 30.3 Å². The average Bonchev–Trinajstić information content (AvgIpc) is 2.46. The van der Waals surface area contributed by atoms with E-state index >= 15 is 0 Å². The molecule has 0 heterocycles. The summed E-state index contributed by atoms with van der Waals surface area (Å²) in [6.45, 7) is 3.07. The van der Waals surface area contributed by atoms with Crippen LogP contribution in [0.5, 0.6) is 0 Å². The van der Waals surface area contributed by atoms with Crippen molar-refractivity contribution < 1.29 is 14.6 Å². The van der Waals surface area contributed by atoms with Gasteiger partial charge >= 0.3 is 5.97 Å². The zero-order chi connectivity index (χ0) is 14.8. The Hall–Kier alpha value is -1.39. The Kier molecular flexibility index (Phi) is 7.26. The van der Waals surface area contributed by atoms with Gasteiger partial charge in [-0.05, 0) is 37.7 Å². The Morgan fingerprint density at radius 3 is 2.50 bits per heavy atom. The minimum atomic E-state index is -1.10. The highest BCUT2D eigenvalue weighted by atomic mass is 16.5. The van der Waals surface area contributed by atoms with Crippen LogP contribution in [0.4, 0.5) is 0 Å². The first kappa shape index (κ1) is 16.7. The minimum absolute atomic E-state index is 0.441. The summed E-state index contributed by atoms with van der Waals surface area (Å²) in [6.07, 6.45) is 3.56. The molecule has 0 saturated carbocycles. The first-order valence-electron chi connectivity index (χ1n) is 7.22. The molecule has 0 spiro atoms. The smallest absolute Gasteiger partial charge is 0.323 e. The fraction of sp³-hybridized carbons (Fsp3) is 0.562. The quantitative estimate of drug-likeness (QED) is 0.646. The Morgan fingerprint density at radius 1 is 1.25 bits per heavy atom. The van der Waals surface area contributed by atoms with Crippen LogP contribution in [0.3, 0.4) is 0 Å². The van der Waals surface area contributed by atoms with Gasteiger partial charge in [0.15, 0.2) is 0 Å². The molecular formula is C16H25NO3. The number of rotatable bonds is 10. The van der Waals surface area contributed by atoms with Crippen molar-refractivity contribution in [3.63, 3.8) is 0 Å². The first-order valence-corrected chi connectivity index (χ1v) is 7.22. The van der Waals surface area contributed by atoms with Crippen LogP contribution in [0, 0.1) is 0 Å². The maximum atomic E-state index is 11.0. The molecule has 0 amide bonds. The highest BCUT2D eigenvalue weighted by Crippen LogP contribution is 2.14. The molecule has 0 aliphatic carbocycles. The summed E-state index contributed by atoms with van der Waals surface area (Å²) in [5.41, 5.74) is 6.01. The Labute approximate surface area is 120 Å². The summed E-state index contributed by atoms with van der Waals surface area (Å²) < 4.78 is 5.53. The summed E-state index contributed by atoms with van der Waals surface area (Å²) in [5, 5.41) is 9.03. The largest absolute Gasteiger partial charge is 0.480 e. The third-order valence-electron chi connectivity index (χ3n) is 3.57. The van der Waals surface area contributed by atoms with E-state index in [9.17, 15) is 4.79 Å². The molecule has 0 aliphatic rings. The standard InChI is InChI=1S/C16H25NO3/c1-2-16(17,15(18)19)11-7-13-20-12-6-10-14-8-4-3-5-9-14/h3-5,8-9H,2,6-7,10-13,17H2,1H3,(H,18,19). The van der Waals surface area contributed by atoms with Gasteiger partial charge in [0.25, 0.3) is 0 Å². The third kappa shape index (κ3) is 5.72. The average molecular weight is 279 g/mol. The molecule has 0 bridgehead atoms. The second-order valence-corrected chi connectivity index (χ2v) is 5.12. The van der Waals surface area contributed by atoms with Crippen LogP contribution in [0.1, 0.15) is 38.2 Å². The van der Waals surface area contributed by atoms with Crippen LogP contribution in [-0.2, 0) is 16.0 Å². The van der Waals surface area contributed by atoms with Crippen LogP contribution in [-0.4, -0.2) is 29.8 Å². The van der Waals surface area contributed by atoms with E-state index < -0.39 is 11.5 Å². The van der Waals surface area contributed by atoms with Gasteiger partial charge in [-0.15, -0.1) is 0 Å². The van der Waals surface area contributed by atoms with E-state index in [0.717, 1.165) is 12.8 Å². The van der Waals surface area contributed by atoms with Crippen LogP contribution in [0.25, 0.3) is 0 Å². The van der Waals surface area contributed by atoms with E-state index in [1.54, 1.807) is 6.92 Å². The summed E-state index contributed by atoms with van der Waals surface area (Å²) in [5.74, 6) is -0.927. The molecule has 1 unspecified atom stereocenters. The summed E-state index contributed by atoms with van der Waals surface area (Å²) in [6, 6.07) is 10.3. The number of benzene rings is 1. The Morgan fingerprint density at radius 2 is 1.90 bits per heavy atom. The molecule has 0 aliphatic heterocycles. The fourth-order valence-corrected chi connectivity index (χ4v) is 2.05. The van der Waals surface area contributed by atoms with E-state index in [2.05, 4.69) is 12.1 Å². The molecule has 0 radical (unpaired) electrons. The van der Waals surface area contributed by atoms with Gasteiger partial charge in [-0.1, -0.05) is 37.3 Å². The Bertz CT molecular complexity index is 394. The lowest BCUT2D eigenvalue weighted by Gasteiger charge is -2.22. The van der Waals surface area contributed by atoms with E-state index in [0.29, 0.717) is 32.5 Å². The molecule has 0 fully saturated rings. The molecule has 1 aromatic rings. The number of aliphatic carboxylic acids is 1. The highest BCUT2D eigenvalue weighted by molar-refractivity contribution is 5.78. The molecule has 1 rings (SSSR count). The molecule has 4 heteroatoms. The van der Waals surface area contributed by atoms with Gasteiger partial charge in [0, 0.05) is 13.2 Å². The summed E-state index contributed by atoms with van der Waals surface area (Å²) in [7, 11) is 0. The van der Waals surface area contributed by atoms with Gasteiger partial charge in [0.2, 0.25) is 0 Å². The second kappa shape index (κ2) is 8.72. The van der Waals surface area contributed by atoms with Crippen LogP contribution >= 0.6 is 0 Å². The van der Waals surface area contributed by atoms with Gasteiger partial charge < -0.3 is 15.6 Å². The normalized spacial score (nSPS) is 13.9. The predicted octanol–water partition coefficient (Wildman–Crippen LogP) is 2.61. The number of carboxylic acids is 1. The third-order valence-corrected chi connectivity index (χ3v) is 3.57. The molecule has 0 saturated heterocycles. The van der Waals surface area contributed by atoms with Crippen molar-refractivity contribution in [3.05, 3.63) is 35.9 Å². The number of hydrogen-bond acceptors (Lipinski definition) is 3. The van der Waals surface area contributed by atoms with E-state index in [1.807, 2.05) is 18.2 Å². The van der Waals surface area contributed by atoms with Crippen molar-refractivity contribution in [1.82, 2.24) is 0 Å². The molecular weight excluding hydrogens is 254 g/mol. The van der Waals surface area contributed by atoms with Crippen molar-refractivity contribution in [2.45, 2.75) is 44.6 Å². The summed E-state index contributed by atoms with van der Waals surface area (Å²) >= 11 is 0. The topological polar surface area (TPSA) is 72.5 Å². The van der Waals surface area contributed by atoms with Gasteiger partial charge in [-0.25, -0.2) is 0 Å². The van der Waals surface area contributed by atoms with Gasteiger partial charge in [-0.2, -0.15) is 0 Å². The molecule has 112 valence electrons. The molecule has 20 heavy (non-hydrogen) atoms. The van der Waals surface area contributed by atoms with Crippen molar-refractivity contribution in [3.8, 4) is 0 Å². The van der Waals surface area contributed by atoms with E-state index in [-0.39, 0.29) is 0 Å². The molecule has 1 aromatic carbocycles. The van der Waals surface area contributed by atoms with Crippen molar-refractivity contribution in [1.29, 1.82) is 0 Å². The monoisotopic (exact) mass is 279 g/mol. The van der Waals surface area contributed by atoms with Gasteiger partial charge in [0.05, 0.1) is 0 Å². The molecule has 3 N–H and O–H groups in total. The van der Waals surface area contributed by atoms with Crippen molar-refractivity contribution in [2.75, 3.05) is 13.2 Å². The highest BCUT2D eigenvalue weighted by Gasteiger charge is 2.30. The zero-order valence-corrected chi connectivity index (χ0v) is 12.2.